The average Bonchev–Trinajstić information content (AvgIpc) is 3.18. The first-order valence-electron chi connectivity index (χ1n) is 7.29. The van der Waals surface area contributed by atoms with Gasteiger partial charge in [0.15, 0.2) is 0 Å². The number of rotatable bonds is 5. The zero-order valence-electron chi connectivity index (χ0n) is 12.7. The molecule has 22 heavy (non-hydrogen) atoms. The van der Waals surface area contributed by atoms with Crippen molar-refractivity contribution < 1.29 is 9.52 Å². The van der Waals surface area contributed by atoms with Crippen LogP contribution in [0.25, 0.3) is 5.57 Å². The van der Waals surface area contributed by atoms with E-state index >= 15 is 0 Å². The minimum atomic E-state index is 0.151. The second kappa shape index (κ2) is 5.96. The highest BCUT2D eigenvalue weighted by molar-refractivity contribution is 7.11. The first-order chi connectivity index (χ1) is 10.6. The van der Waals surface area contributed by atoms with Crippen LogP contribution in [0.15, 0.2) is 34.0 Å². The van der Waals surface area contributed by atoms with Crippen molar-refractivity contribution in [1.29, 1.82) is 5.41 Å². The fraction of sp³-hybridized carbons (Fsp3) is 0.375. The Hall–Kier alpha value is -2.08. The summed E-state index contributed by atoms with van der Waals surface area (Å²) in [5.74, 6) is 1.55. The lowest BCUT2D eigenvalue weighted by Crippen LogP contribution is -2.35. The van der Waals surface area contributed by atoms with Gasteiger partial charge in [-0.15, -0.1) is 11.3 Å². The first kappa shape index (κ1) is 14.8. The molecule has 0 radical (unpaired) electrons. The number of aliphatic hydroxyl groups is 1. The normalized spacial score (nSPS) is 16.6. The molecule has 3 rings (SSSR count). The van der Waals surface area contributed by atoms with Crippen LogP contribution in [0.4, 0.5) is 0 Å². The van der Waals surface area contributed by atoms with Gasteiger partial charge < -0.3 is 14.4 Å². The van der Waals surface area contributed by atoms with Gasteiger partial charge in [-0.3, -0.25) is 5.41 Å². The maximum absolute atomic E-state index is 10.2. The Morgan fingerprint density at radius 3 is 3.00 bits per heavy atom. The molecule has 1 aliphatic rings. The second-order valence-corrected chi connectivity index (χ2v) is 6.42. The monoisotopic (exact) mass is 317 g/mol. The van der Waals surface area contributed by atoms with Crippen molar-refractivity contribution in [1.82, 2.24) is 9.88 Å². The number of aromatic nitrogens is 1. The molecule has 0 fully saturated rings. The third-order valence-electron chi connectivity index (χ3n) is 3.89. The van der Waals surface area contributed by atoms with Crippen LogP contribution >= 0.6 is 11.3 Å². The molecule has 2 N–H and O–H groups in total. The number of nitrogens with one attached hydrogen (secondary N) is 1. The van der Waals surface area contributed by atoms with Crippen LogP contribution in [-0.4, -0.2) is 33.4 Å². The molecule has 0 spiro atoms. The number of nitrogens with zero attached hydrogens (tertiary/aromatic N) is 2. The van der Waals surface area contributed by atoms with Gasteiger partial charge in [-0.2, -0.15) is 0 Å². The lowest BCUT2D eigenvalue weighted by molar-refractivity contribution is 0.293. The third kappa shape index (κ3) is 2.78. The summed E-state index contributed by atoms with van der Waals surface area (Å²) < 4.78 is 5.35. The topological polar surface area (TPSA) is 73.3 Å². The van der Waals surface area contributed by atoms with E-state index in [9.17, 15) is 5.11 Å². The Kier molecular flexibility index (Phi) is 4.02. The number of thiazole rings is 1. The number of hydrogen-bond acceptors (Lipinski definition) is 5. The number of amidine groups is 1. The fourth-order valence-electron chi connectivity index (χ4n) is 2.63. The largest absolute Gasteiger partial charge is 0.510 e. The van der Waals surface area contributed by atoms with Gasteiger partial charge in [-0.25, -0.2) is 4.98 Å². The zero-order chi connectivity index (χ0) is 15.7. The first-order valence-corrected chi connectivity index (χ1v) is 8.16. The highest BCUT2D eigenvalue weighted by Gasteiger charge is 2.32. The number of aryl methyl sites for hydroxylation is 2. The zero-order valence-corrected chi connectivity index (χ0v) is 13.5. The highest BCUT2D eigenvalue weighted by Crippen LogP contribution is 2.31. The second-order valence-electron chi connectivity index (χ2n) is 5.56. The summed E-state index contributed by atoms with van der Waals surface area (Å²) in [7, 11) is 0. The molecule has 0 saturated carbocycles. The number of aliphatic hydroxyl groups excluding tert-OH is 1. The molecule has 0 aliphatic carbocycles. The van der Waals surface area contributed by atoms with Crippen LogP contribution < -0.4 is 0 Å². The van der Waals surface area contributed by atoms with E-state index in [1.54, 1.807) is 6.26 Å². The van der Waals surface area contributed by atoms with Crippen LogP contribution in [0.5, 0.6) is 0 Å². The van der Waals surface area contributed by atoms with Gasteiger partial charge in [0.05, 0.1) is 18.4 Å². The molecule has 0 amide bonds. The van der Waals surface area contributed by atoms with Crippen molar-refractivity contribution in [2.24, 2.45) is 0 Å². The van der Waals surface area contributed by atoms with Crippen molar-refractivity contribution in [3.05, 3.63) is 46.0 Å². The lowest BCUT2D eigenvalue weighted by Gasteiger charge is -2.26. The van der Waals surface area contributed by atoms with E-state index in [1.165, 1.54) is 11.3 Å². The molecule has 116 valence electrons. The molecule has 1 atom stereocenters. The third-order valence-corrected chi connectivity index (χ3v) is 4.86. The number of furan rings is 1. The summed E-state index contributed by atoms with van der Waals surface area (Å²) in [6.45, 7) is 4.37. The van der Waals surface area contributed by atoms with Crippen molar-refractivity contribution in [2.45, 2.75) is 32.7 Å². The predicted molar refractivity (Wildman–Crippen MR) is 87.3 cm³/mol. The molecular formula is C16H19N3O2S. The van der Waals surface area contributed by atoms with E-state index in [1.807, 2.05) is 29.3 Å². The van der Waals surface area contributed by atoms with E-state index in [2.05, 4.69) is 11.9 Å². The van der Waals surface area contributed by atoms with Gasteiger partial charge in [0.2, 0.25) is 0 Å². The minimum absolute atomic E-state index is 0.151. The average molecular weight is 317 g/mol. The van der Waals surface area contributed by atoms with E-state index < -0.39 is 0 Å². The van der Waals surface area contributed by atoms with Gasteiger partial charge in [-0.1, -0.05) is 0 Å². The Morgan fingerprint density at radius 1 is 1.55 bits per heavy atom. The molecule has 0 bridgehead atoms. The van der Waals surface area contributed by atoms with Crippen molar-refractivity contribution in [3.63, 3.8) is 0 Å². The van der Waals surface area contributed by atoms with Gasteiger partial charge >= 0.3 is 0 Å². The van der Waals surface area contributed by atoms with Crippen molar-refractivity contribution in [3.8, 4) is 0 Å². The molecule has 0 aromatic carbocycles. The van der Waals surface area contributed by atoms with Crippen LogP contribution in [-0.2, 0) is 6.42 Å². The van der Waals surface area contributed by atoms with E-state index in [0.29, 0.717) is 18.0 Å². The Morgan fingerprint density at radius 2 is 2.36 bits per heavy atom. The molecule has 0 saturated heterocycles. The minimum Gasteiger partial charge on any atom is -0.510 e. The molecule has 2 aromatic rings. The molecular weight excluding hydrogens is 298 g/mol. The summed E-state index contributed by atoms with van der Waals surface area (Å²) >= 11 is 1.47. The van der Waals surface area contributed by atoms with Gasteiger partial charge in [0.25, 0.3) is 0 Å². The fourth-order valence-corrected chi connectivity index (χ4v) is 3.50. The summed E-state index contributed by atoms with van der Waals surface area (Å²) in [6.07, 6.45) is 3.37. The van der Waals surface area contributed by atoms with Crippen molar-refractivity contribution in [2.75, 3.05) is 6.54 Å². The quantitative estimate of drug-likeness (QED) is 0.883. The van der Waals surface area contributed by atoms with Crippen LogP contribution in [0.1, 0.15) is 29.8 Å². The summed E-state index contributed by atoms with van der Waals surface area (Å²) in [5.41, 5.74) is 1.49. The molecule has 3 heterocycles. The molecule has 1 unspecified atom stereocenters. The van der Waals surface area contributed by atoms with Crippen LogP contribution in [0.2, 0.25) is 0 Å². The number of hydrogen-bond donors (Lipinski definition) is 2. The van der Waals surface area contributed by atoms with Gasteiger partial charge in [-0.05, 0) is 32.4 Å². The predicted octanol–water partition coefficient (Wildman–Crippen LogP) is 3.63. The standard InChI is InChI=1S/C16H19N3O2S/c1-10-9-22-16(18-10)14-13(20)8-19(15(14)17)11(2)5-6-12-4-3-7-21-12/h3-4,7,9,11,17,20H,5-6,8H2,1-2H3. The van der Waals surface area contributed by atoms with E-state index in [-0.39, 0.29) is 11.8 Å². The Balaban J connectivity index is 1.68. The van der Waals surface area contributed by atoms with E-state index in [4.69, 9.17) is 9.83 Å². The van der Waals surface area contributed by atoms with E-state index in [0.717, 1.165) is 29.3 Å². The smallest absolute Gasteiger partial charge is 0.135 e. The summed E-state index contributed by atoms with van der Waals surface area (Å²) in [4.78, 5) is 6.31. The Labute approximate surface area is 133 Å². The van der Waals surface area contributed by atoms with Crippen LogP contribution in [0, 0.1) is 12.3 Å². The SMILES string of the molecule is Cc1csc(C2=C(O)CN(C(C)CCc3ccco3)C2=N)n1. The maximum Gasteiger partial charge on any atom is 0.135 e. The molecule has 2 aromatic heterocycles. The summed E-state index contributed by atoms with van der Waals surface area (Å²) in [6, 6.07) is 3.99. The molecule has 5 nitrogen and oxygen atoms in total. The van der Waals surface area contributed by atoms with Crippen LogP contribution in [0.3, 0.4) is 0 Å². The van der Waals surface area contributed by atoms with Crippen molar-refractivity contribution >= 4 is 22.7 Å². The maximum atomic E-state index is 10.2. The Bertz CT molecular complexity index is 703. The lowest BCUT2D eigenvalue weighted by atomic mass is 10.1. The van der Waals surface area contributed by atoms with Gasteiger partial charge in [0.1, 0.15) is 22.4 Å². The molecule has 6 heteroatoms. The highest BCUT2D eigenvalue weighted by atomic mass is 32.1. The van der Waals surface area contributed by atoms with Gasteiger partial charge in [0, 0.05) is 23.5 Å². The molecule has 1 aliphatic heterocycles. The summed E-state index contributed by atoms with van der Waals surface area (Å²) in [5, 5.41) is 21.3.